The van der Waals surface area contributed by atoms with Crippen LogP contribution in [0.2, 0.25) is 0 Å². The summed E-state index contributed by atoms with van der Waals surface area (Å²) in [5.41, 5.74) is 7.26. The van der Waals surface area contributed by atoms with Crippen LogP contribution >= 0.6 is 0 Å². The molecule has 0 bridgehead atoms. The maximum Gasteiger partial charge on any atom is 0.243 e. The molecule has 0 saturated carbocycles. The minimum absolute atomic E-state index is 0.110. The monoisotopic (exact) mass is 259 g/mol. The topological polar surface area (TPSA) is 64.9 Å². The van der Waals surface area contributed by atoms with Gasteiger partial charge in [-0.15, -0.1) is 0 Å². The molecular formula is C15H21N3O. The first kappa shape index (κ1) is 13.7. The van der Waals surface area contributed by atoms with Crippen molar-refractivity contribution in [2.75, 3.05) is 0 Å². The van der Waals surface area contributed by atoms with Crippen LogP contribution in [0.15, 0.2) is 34.9 Å². The largest absolute Gasteiger partial charge is 0.338 e. The standard InChI is InChI=1S/C15H21N3O/c1-15(2,3)14-17-13(19-18-14)12(16)10-9-11-7-5-4-6-8-11/h4-8,12H,9-10,16H2,1-3H3/t12-/m0/s1. The average molecular weight is 259 g/mol. The third kappa shape index (κ3) is 3.64. The minimum Gasteiger partial charge on any atom is -0.338 e. The fraction of sp³-hybridized carbons (Fsp3) is 0.467. The van der Waals surface area contributed by atoms with Crippen LogP contribution in [0.25, 0.3) is 0 Å². The summed E-state index contributed by atoms with van der Waals surface area (Å²) < 4.78 is 5.26. The summed E-state index contributed by atoms with van der Waals surface area (Å²) in [6.07, 6.45) is 1.71. The second-order valence-corrected chi connectivity index (χ2v) is 5.84. The summed E-state index contributed by atoms with van der Waals surface area (Å²) in [5.74, 6) is 1.23. The van der Waals surface area contributed by atoms with E-state index in [1.165, 1.54) is 5.56 Å². The Balaban J connectivity index is 1.97. The summed E-state index contributed by atoms with van der Waals surface area (Å²) in [6.45, 7) is 6.16. The predicted octanol–water partition coefficient (Wildman–Crippen LogP) is 3.00. The molecule has 0 saturated heterocycles. The van der Waals surface area contributed by atoms with Crippen molar-refractivity contribution in [2.45, 2.75) is 45.1 Å². The predicted molar refractivity (Wildman–Crippen MR) is 74.7 cm³/mol. The maximum absolute atomic E-state index is 6.10. The molecule has 0 amide bonds. The zero-order valence-electron chi connectivity index (χ0n) is 11.8. The quantitative estimate of drug-likeness (QED) is 0.916. The Morgan fingerprint density at radius 2 is 1.89 bits per heavy atom. The number of aryl methyl sites for hydroxylation is 1. The first-order valence-corrected chi connectivity index (χ1v) is 6.60. The zero-order chi connectivity index (χ0) is 13.9. The summed E-state index contributed by atoms with van der Waals surface area (Å²) in [5, 5.41) is 4.00. The molecule has 0 spiro atoms. The van der Waals surface area contributed by atoms with Gasteiger partial charge in [-0.3, -0.25) is 0 Å². The molecule has 0 aliphatic carbocycles. The van der Waals surface area contributed by atoms with Crippen LogP contribution in [0.4, 0.5) is 0 Å². The Morgan fingerprint density at radius 3 is 2.47 bits per heavy atom. The average Bonchev–Trinajstić information content (AvgIpc) is 2.87. The molecule has 1 heterocycles. The van der Waals surface area contributed by atoms with Gasteiger partial charge in [0.2, 0.25) is 5.89 Å². The van der Waals surface area contributed by atoms with Crippen LogP contribution in [-0.2, 0) is 11.8 Å². The first-order chi connectivity index (χ1) is 8.97. The fourth-order valence-corrected chi connectivity index (χ4v) is 1.78. The highest BCUT2D eigenvalue weighted by atomic mass is 16.5. The van der Waals surface area contributed by atoms with Crippen molar-refractivity contribution in [3.05, 3.63) is 47.6 Å². The molecule has 0 aliphatic rings. The maximum atomic E-state index is 6.10. The van der Waals surface area contributed by atoms with Gasteiger partial charge in [-0.2, -0.15) is 4.98 Å². The zero-order valence-corrected chi connectivity index (χ0v) is 11.8. The van der Waals surface area contributed by atoms with Gasteiger partial charge in [-0.1, -0.05) is 56.3 Å². The highest BCUT2D eigenvalue weighted by molar-refractivity contribution is 5.15. The Morgan fingerprint density at radius 1 is 1.21 bits per heavy atom. The molecular weight excluding hydrogens is 238 g/mol. The number of nitrogens with zero attached hydrogens (tertiary/aromatic N) is 2. The first-order valence-electron chi connectivity index (χ1n) is 6.60. The van der Waals surface area contributed by atoms with Gasteiger partial charge in [0.1, 0.15) is 0 Å². The fourth-order valence-electron chi connectivity index (χ4n) is 1.78. The SMILES string of the molecule is CC(C)(C)c1noc([C@@H](N)CCc2ccccc2)n1. The van der Waals surface area contributed by atoms with Crippen molar-refractivity contribution >= 4 is 0 Å². The molecule has 0 fully saturated rings. The third-order valence-electron chi connectivity index (χ3n) is 3.02. The van der Waals surface area contributed by atoms with Crippen LogP contribution in [0.5, 0.6) is 0 Å². The molecule has 102 valence electrons. The van der Waals surface area contributed by atoms with E-state index in [-0.39, 0.29) is 11.5 Å². The van der Waals surface area contributed by atoms with E-state index in [1.807, 2.05) is 18.2 Å². The molecule has 4 nitrogen and oxygen atoms in total. The molecule has 0 aliphatic heterocycles. The van der Waals surface area contributed by atoms with Crippen molar-refractivity contribution in [2.24, 2.45) is 5.73 Å². The van der Waals surface area contributed by atoms with Gasteiger partial charge in [0.15, 0.2) is 5.82 Å². The Kier molecular flexibility index (Phi) is 4.00. The molecule has 1 aromatic heterocycles. The summed E-state index contributed by atoms with van der Waals surface area (Å²) in [4.78, 5) is 4.39. The van der Waals surface area contributed by atoms with E-state index >= 15 is 0 Å². The van der Waals surface area contributed by atoms with Gasteiger partial charge in [0.25, 0.3) is 0 Å². The van der Waals surface area contributed by atoms with Gasteiger partial charge >= 0.3 is 0 Å². The number of rotatable bonds is 4. The van der Waals surface area contributed by atoms with Gasteiger partial charge < -0.3 is 10.3 Å². The number of aromatic nitrogens is 2. The van der Waals surface area contributed by atoms with E-state index in [9.17, 15) is 0 Å². The summed E-state index contributed by atoms with van der Waals surface area (Å²) in [7, 11) is 0. The molecule has 4 heteroatoms. The van der Waals surface area contributed by atoms with Crippen molar-refractivity contribution < 1.29 is 4.52 Å². The highest BCUT2D eigenvalue weighted by Gasteiger charge is 2.23. The van der Waals surface area contributed by atoms with E-state index in [0.29, 0.717) is 11.7 Å². The molecule has 1 atom stereocenters. The summed E-state index contributed by atoms with van der Waals surface area (Å²) >= 11 is 0. The summed E-state index contributed by atoms with van der Waals surface area (Å²) in [6, 6.07) is 10.1. The molecule has 2 rings (SSSR count). The lowest BCUT2D eigenvalue weighted by Gasteiger charge is -2.11. The molecule has 0 unspecified atom stereocenters. The lowest BCUT2D eigenvalue weighted by atomic mass is 9.96. The van der Waals surface area contributed by atoms with Crippen LogP contribution < -0.4 is 5.73 Å². The van der Waals surface area contributed by atoms with E-state index < -0.39 is 0 Å². The molecule has 19 heavy (non-hydrogen) atoms. The van der Waals surface area contributed by atoms with Crippen molar-refractivity contribution in [3.63, 3.8) is 0 Å². The normalized spacial score (nSPS) is 13.5. The second kappa shape index (κ2) is 5.53. The molecule has 0 radical (unpaired) electrons. The number of hydrogen-bond acceptors (Lipinski definition) is 4. The molecule has 2 aromatic rings. The number of benzene rings is 1. The van der Waals surface area contributed by atoms with E-state index in [4.69, 9.17) is 10.3 Å². The van der Waals surface area contributed by atoms with E-state index in [1.54, 1.807) is 0 Å². The van der Waals surface area contributed by atoms with Crippen LogP contribution in [0.1, 0.15) is 50.5 Å². The highest BCUT2D eigenvalue weighted by Crippen LogP contribution is 2.21. The Hall–Kier alpha value is -1.68. The van der Waals surface area contributed by atoms with Gasteiger partial charge in [0, 0.05) is 5.41 Å². The molecule has 1 aromatic carbocycles. The lowest BCUT2D eigenvalue weighted by Crippen LogP contribution is -2.15. The molecule has 2 N–H and O–H groups in total. The van der Waals surface area contributed by atoms with Gasteiger partial charge in [0.05, 0.1) is 6.04 Å². The minimum atomic E-state index is -0.205. The van der Waals surface area contributed by atoms with Crippen LogP contribution in [0.3, 0.4) is 0 Å². The smallest absolute Gasteiger partial charge is 0.243 e. The number of nitrogens with two attached hydrogens (primary N) is 1. The van der Waals surface area contributed by atoms with Crippen molar-refractivity contribution in [1.82, 2.24) is 10.1 Å². The Bertz CT molecular complexity index is 514. The van der Waals surface area contributed by atoms with Gasteiger partial charge in [-0.25, -0.2) is 0 Å². The van der Waals surface area contributed by atoms with Gasteiger partial charge in [-0.05, 0) is 18.4 Å². The van der Waals surface area contributed by atoms with Crippen molar-refractivity contribution in [1.29, 1.82) is 0 Å². The van der Waals surface area contributed by atoms with Crippen molar-refractivity contribution in [3.8, 4) is 0 Å². The van der Waals surface area contributed by atoms with Crippen LogP contribution in [0, 0.1) is 0 Å². The lowest BCUT2D eigenvalue weighted by molar-refractivity contribution is 0.339. The number of hydrogen-bond donors (Lipinski definition) is 1. The van der Waals surface area contributed by atoms with Crippen LogP contribution in [-0.4, -0.2) is 10.1 Å². The third-order valence-corrected chi connectivity index (χ3v) is 3.02. The second-order valence-electron chi connectivity index (χ2n) is 5.84. The Labute approximate surface area is 114 Å². The van der Waals surface area contributed by atoms with E-state index in [2.05, 4.69) is 43.0 Å². The van der Waals surface area contributed by atoms with E-state index in [0.717, 1.165) is 12.8 Å².